The van der Waals surface area contributed by atoms with Crippen LogP contribution in [0.5, 0.6) is 0 Å². The van der Waals surface area contributed by atoms with Crippen molar-refractivity contribution < 1.29 is 14.4 Å². The molecule has 0 atom stereocenters. The number of carbonyl (C=O) groups excluding carboxylic acids is 3. The van der Waals surface area contributed by atoms with Crippen LogP contribution in [0, 0.1) is 12.3 Å². The lowest BCUT2D eigenvalue weighted by Crippen LogP contribution is -2.66. The van der Waals surface area contributed by atoms with E-state index in [9.17, 15) is 14.4 Å². The van der Waals surface area contributed by atoms with Gasteiger partial charge >= 0.3 is 6.03 Å². The van der Waals surface area contributed by atoms with Gasteiger partial charge in [-0.1, -0.05) is 30.7 Å². The molecule has 4 amide bonds. The molecule has 1 saturated heterocycles. The molecule has 1 saturated carbocycles. The van der Waals surface area contributed by atoms with E-state index in [1.54, 1.807) is 0 Å². The Balaban J connectivity index is 1.75. The minimum atomic E-state index is -0.973. The van der Waals surface area contributed by atoms with Gasteiger partial charge in [0.25, 0.3) is 0 Å². The van der Waals surface area contributed by atoms with Crippen LogP contribution in [-0.4, -0.2) is 29.3 Å². The average molecular weight is 286 g/mol. The van der Waals surface area contributed by atoms with E-state index in [0.717, 1.165) is 17.5 Å². The number of imide groups is 2. The predicted octanol–water partition coefficient (Wildman–Crippen LogP) is 1.79. The zero-order valence-electron chi connectivity index (χ0n) is 12.0. The largest absolute Gasteiger partial charge is 0.330 e. The number of urea groups is 1. The second-order valence-electron chi connectivity index (χ2n) is 5.83. The Morgan fingerprint density at radius 3 is 2.52 bits per heavy atom. The van der Waals surface area contributed by atoms with Crippen LogP contribution in [-0.2, 0) is 16.0 Å². The van der Waals surface area contributed by atoms with Crippen LogP contribution in [0.15, 0.2) is 24.3 Å². The Morgan fingerprint density at radius 2 is 1.90 bits per heavy atom. The van der Waals surface area contributed by atoms with Gasteiger partial charge in [0.15, 0.2) is 0 Å². The van der Waals surface area contributed by atoms with Crippen molar-refractivity contribution in [2.24, 2.45) is 5.41 Å². The van der Waals surface area contributed by atoms with Crippen molar-refractivity contribution in [2.75, 3.05) is 6.54 Å². The highest BCUT2D eigenvalue weighted by Gasteiger charge is 2.57. The number of hydrogen-bond acceptors (Lipinski definition) is 3. The molecule has 110 valence electrons. The highest BCUT2D eigenvalue weighted by Crippen LogP contribution is 2.44. The maximum Gasteiger partial charge on any atom is 0.330 e. The number of barbiturate groups is 1. The second kappa shape index (κ2) is 4.98. The van der Waals surface area contributed by atoms with Crippen molar-refractivity contribution >= 4 is 17.8 Å². The van der Waals surface area contributed by atoms with Crippen molar-refractivity contribution in [3.05, 3.63) is 35.4 Å². The van der Waals surface area contributed by atoms with E-state index in [2.05, 4.69) is 5.32 Å². The lowest BCUT2D eigenvalue weighted by molar-refractivity contribution is -0.157. The second-order valence-corrected chi connectivity index (χ2v) is 5.83. The molecule has 2 fully saturated rings. The third-order valence-corrected chi connectivity index (χ3v) is 4.63. The van der Waals surface area contributed by atoms with Crippen LogP contribution in [0.1, 0.15) is 30.4 Å². The molecule has 5 heteroatoms. The molecule has 0 aromatic heterocycles. The molecular formula is C16H18N2O3. The van der Waals surface area contributed by atoms with Crippen LogP contribution >= 0.6 is 0 Å². The molecule has 1 aliphatic heterocycles. The number of nitrogens with one attached hydrogen (secondary N) is 1. The van der Waals surface area contributed by atoms with Gasteiger partial charge in [-0.05, 0) is 37.3 Å². The molecule has 1 N–H and O–H groups in total. The topological polar surface area (TPSA) is 66.5 Å². The summed E-state index contributed by atoms with van der Waals surface area (Å²) in [4.78, 5) is 37.5. The van der Waals surface area contributed by atoms with Crippen molar-refractivity contribution in [3.8, 4) is 0 Å². The van der Waals surface area contributed by atoms with Gasteiger partial charge in [0, 0.05) is 6.54 Å². The van der Waals surface area contributed by atoms with Crippen LogP contribution in [0.4, 0.5) is 4.79 Å². The summed E-state index contributed by atoms with van der Waals surface area (Å²) >= 11 is 0. The molecule has 1 aromatic rings. The van der Waals surface area contributed by atoms with E-state index in [1.807, 2.05) is 31.2 Å². The minimum absolute atomic E-state index is 0.310. The molecule has 1 heterocycles. The predicted molar refractivity (Wildman–Crippen MR) is 76.4 cm³/mol. The standard InChI is InChI=1S/C16H18N2O3/c1-11-5-2-3-6-12(11)7-10-18-14(20)16(8-4-9-16)13(19)17-15(18)21/h2-3,5-6H,4,7-10H2,1H3,(H,17,19,21). The van der Waals surface area contributed by atoms with Gasteiger partial charge in [0.2, 0.25) is 11.8 Å². The minimum Gasteiger partial charge on any atom is -0.277 e. The zero-order valence-corrected chi connectivity index (χ0v) is 12.0. The molecule has 3 rings (SSSR count). The Kier molecular flexibility index (Phi) is 3.27. The summed E-state index contributed by atoms with van der Waals surface area (Å²) in [6, 6.07) is 7.31. The number of benzene rings is 1. The summed E-state index contributed by atoms with van der Waals surface area (Å²) in [6.07, 6.45) is 2.56. The Hall–Kier alpha value is -2.17. The third kappa shape index (κ3) is 2.13. The Morgan fingerprint density at radius 1 is 1.19 bits per heavy atom. The van der Waals surface area contributed by atoms with E-state index in [0.29, 0.717) is 25.8 Å². The molecule has 1 aliphatic carbocycles. The quantitative estimate of drug-likeness (QED) is 0.861. The summed E-state index contributed by atoms with van der Waals surface area (Å²) in [5.41, 5.74) is 1.27. The smallest absolute Gasteiger partial charge is 0.277 e. The monoisotopic (exact) mass is 286 g/mol. The number of aryl methyl sites for hydroxylation is 1. The van der Waals surface area contributed by atoms with Crippen LogP contribution in [0.25, 0.3) is 0 Å². The maximum atomic E-state index is 12.5. The summed E-state index contributed by atoms with van der Waals surface area (Å²) < 4.78 is 0. The first-order valence-corrected chi connectivity index (χ1v) is 7.26. The van der Waals surface area contributed by atoms with Gasteiger partial charge in [0.1, 0.15) is 5.41 Å². The first kappa shape index (κ1) is 13.8. The van der Waals surface area contributed by atoms with Crippen molar-refractivity contribution in [2.45, 2.75) is 32.6 Å². The summed E-state index contributed by atoms with van der Waals surface area (Å²) in [6.45, 7) is 2.31. The van der Waals surface area contributed by atoms with Gasteiger partial charge < -0.3 is 0 Å². The molecule has 5 nitrogen and oxygen atoms in total. The average Bonchev–Trinajstić information content (AvgIpc) is 2.38. The van der Waals surface area contributed by atoms with Crippen LogP contribution in [0.2, 0.25) is 0 Å². The van der Waals surface area contributed by atoms with Gasteiger partial charge in [0.05, 0.1) is 0 Å². The lowest BCUT2D eigenvalue weighted by atomic mass is 9.66. The van der Waals surface area contributed by atoms with Crippen molar-refractivity contribution in [1.29, 1.82) is 0 Å². The number of amides is 4. The van der Waals surface area contributed by atoms with Gasteiger partial charge in [-0.15, -0.1) is 0 Å². The fraction of sp³-hybridized carbons (Fsp3) is 0.438. The van der Waals surface area contributed by atoms with Crippen molar-refractivity contribution in [1.82, 2.24) is 10.2 Å². The maximum absolute atomic E-state index is 12.5. The molecule has 0 bridgehead atoms. The van der Waals surface area contributed by atoms with E-state index < -0.39 is 17.4 Å². The van der Waals surface area contributed by atoms with Gasteiger partial charge in [-0.2, -0.15) is 0 Å². The normalized spacial score (nSPS) is 20.4. The SMILES string of the molecule is Cc1ccccc1CCN1C(=O)NC(=O)C2(CCC2)C1=O. The van der Waals surface area contributed by atoms with E-state index >= 15 is 0 Å². The lowest BCUT2D eigenvalue weighted by Gasteiger charge is -2.44. The molecule has 21 heavy (non-hydrogen) atoms. The summed E-state index contributed by atoms with van der Waals surface area (Å²) in [7, 11) is 0. The molecule has 1 spiro atoms. The number of carbonyl (C=O) groups is 3. The fourth-order valence-corrected chi connectivity index (χ4v) is 3.03. The van der Waals surface area contributed by atoms with Crippen LogP contribution < -0.4 is 5.32 Å². The fourth-order valence-electron chi connectivity index (χ4n) is 3.03. The van der Waals surface area contributed by atoms with Crippen molar-refractivity contribution in [3.63, 3.8) is 0 Å². The molecule has 0 radical (unpaired) electrons. The summed E-state index contributed by atoms with van der Waals surface area (Å²) in [5, 5.41) is 2.33. The first-order chi connectivity index (χ1) is 10.0. The molecular weight excluding hydrogens is 268 g/mol. The Labute approximate surface area is 123 Å². The first-order valence-electron chi connectivity index (χ1n) is 7.26. The molecule has 1 aromatic carbocycles. The van der Waals surface area contributed by atoms with E-state index in [-0.39, 0.29) is 5.91 Å². The highest BCUT2D eigenvalue weighted by atomic mass is 16.2. The molecule has 2 aliphatic rings. The van der Waals surface area contributed by atoms with E-state index in [1.165, 1.54) is 4.90 Å². The molecule has 0 unspecified atom stereocenters. The van der Waals surface area contributed by atoms with Gasteiger partial charge in [-0.25, -0.2) is 4.79 Å². The third-order valence-electron chi connectivity index (χ3n) is 4.63. The summed E-state index contributed by atoms with van der Waals surface area (Å²) in [5.74, 6) is -0.744. The number of nitrogens with zero attached hydrogens (tertiary/aromatic N) is 1. The Bertz CT molecular complexity index is 620. The van der Waals surface area contributed by atoms with Crippen LogP contribution in [0.3, 0.4) is 0 Å². The van der Waals surface area contributed by atoms with Gasteiger partial charge in [-0.3, -0.25) is 19.8 Å². The zero-order chi connectivity index (χ0) is 15.0. The number of hydrogen-bond donors (Lipinski definition) is 1. The van der Waals surface area contributed by atoms with E-state index in [4.69, 9.17) is 0 Å². The number of rotatable bonds is 3. The highest BCUT2D eigenvalue weighted by molar-refractivity contribution is 6.19.